The predicted molar refractivity (Wildman–Crippen MR) is 63.9 cm³/mol. The van der Waals surface area contributed by atoms with Crippen molar-refractivity contribution >= 4 is 0 Å². The molecule has 1 N–H and O–H groups in total. The predicted octanol–water partition coefficient (Wildman–Crippen LogP) is 3.76. The fraction of sp³-hybridized carbons (Fsp3) is 0.154. The second kappa shape index (κ2) is 5.42. The first-order valence-electron chi connectivity index (χ1n) is 5.79. The van der Waals surface area contributed by atoms with Crippen LogP contribution in [0.5, 0.6) is 5.75 Å². The van der Waals surface area contributed by atoms with E-state index in [0.717, 1.165) is 12.1 Å². The fourth-order valence-corrected chi connectivity index (χ4v) is 1.74. The van der Waals surface area contributed by atoms with Gasteiger partial charge in [0.25, 0.3) is 0 Å². The standard InChI is InChI=1S/C13H5F6N3O/c14-12(15,16)8-4-6(5-20)3-7(11(8)23)9-1-2-10(22-21-9)13(17,18)19/h1-4,23H. The highest BCUT2D eigenvalue weighted by Gasteiger charge is 2.36. The number of nitriles is 1. The zero-order valence-corrected chi connectivity index (χ0v) is 10.9. The van der Waals surface area contributed by atoms with Gasteiger partial charge in [-0.3, -0.25) is 0 Å². The number of hydrogen-bond donors (Lipinski definition) is 1. The van der Waals surface area contributed by atoms with Crippen LogP contribution in [0.4, 0.5) is 26.3 Å². The van der Waals surface area contributed by atoms with E-state index in [-0.39, 0.29) is 0 Å². The lowest BCUT2D eigenvalue weighted by molar-refractivity contribution is -0.141. The maximum absolute atomic E-state index is 12.8. The van der Waals surface area contributed by atoms with Gasteiger partial charge in [-0.05, 0) is 24.3 Å². The third kappa shape index (κ3) is 3.33. The minimum absolute atomic E-state index is 0.427. The third-order valence-corrected chi connectivity index (χ3v) is 2.78. The number of hydrogen-bond acceptors (Lipinski definition) is 4. The summed E-state index contributed by atoms with van der Waals surface area (Å²) < 4.78 is 75.7. The number of halogens is 6. The normalized spacial score (nSPS) is 12.0. The number of benzene rings is 1. The Kier molecular flexibility index (Phi) is 3.90. The molecule has 0 saturated carbocycles. The van der Waals surface area contributed by atoms with Crippen LogP contribution in [-0.4, -0.2) is 15.3 Å². The molecule has 2 aromatic rings. The maximum Gasteiger partial charge on any atom is 0.435 e. The van der Waals surface area contributed by atoms with Crippen molar-refractivity contribution in [2.75, 3.05) is 0 Å². The summed E-state index contributed by atoms with van der Waals surface area (Å²) >= 11 is 0. The van der Waals surface area contributed by atoms with Gasteiger partial charge < -0.3 is 5.11 Å². The molecule has 0 saturated heterocycles. The van der Waals surface area contributed by atoms with Gasteiger partial charge in [-0.15, -0.1) is 10.2 Å². The van der Waals surface area contributed by atoms with Gasteiger partial charge >= 0.3 is 12.4 Å². The molecule has 0 bridgehead atoms. The second-order valence-electron chi connectivity index (χ2n) is 4.33. The highest BCUT2D eigenvalue weighted by atomic mass is 19.4. The van der Waals surface area contributed by atoms with E-state index in [2.05, 4.69) is 10.2 Å². The first-order valence-corrected chi connectivity index (χ1v) is 5.79. The van der Waals surface area contributed by atoms with E-state index in [1.54, 1.807) is 0 Å². The minimum Gasteiger partial charge on any atom is -0.507 e. The van der Waals surface area contributed by atoms with Crippen molar-refractivity contribution in [2.45, 2.75) is 12.4 Å². The first-order chi connectivity index (χ1) is 10.5. The Balaban J connectivity index is 2.62. The van der Waals surface area contributed by atoms with Crippen molar-refractivity contribution in [3.63, 3.8) is 0 Å². The van der Waals surface area contributed by atoms with E-state index in [1.165, 1.54) is 6.07 Å². The highest BCUT2D eigenvalue weighted by Crippen LogP contribution is 2.41. The van der Waals surface area contributed by atoms with Gasteiger partial charge in [0.05, 0.1) is 22.9 Å². The molecule has 0 aliphatic rings. The molecule has 0 aliphatic carbocycles. The number of nitrogens with zero attached hydrogens (tertiary/aromatic N) is 3. The molecular formula is C13H5F6N3O. The van der Waals surface area contributed by atoms with Crippen LogP contribution in [0.2, 0.25) is 0 Å². The summed E-state index contributed by atoms with van der Waals surface area (Å²) in [6, 6.07) is 4.04. The van der Waals surface area contributed by atoms with E-state index in [0.29, 0.717) is 12.1 Å². The van der Waals surface area contributed by atoms with Crippen molar-refractivity contribution in [3.8, 4) is 23.1 Å². The molecule has 0 unspecified atom stereocenters. The number of aromatic nitrogens is 2. The molecule has 2 rings (SSSR count). The number of alkyl halides is 6. The van der Waals surface area contributed by atoms with Crippen molar-refractivity contribution in [2.24, 2.45) is 0 Å². The van der Waals surface area contributed by atoms with E-state index < -0.39 is 46.2 Å². The van der Waals surface area contributed by atoms with Crippen LogP contribution >= 0.6 is 0 Å². The molecule has 1 aromatic carbocycles. The SMILES string of the molecule is N#Cc1cc(-c2ccc(C(F)(F)F)nn2)c(O)c(C(F)(F)F)c1. The Morgan fingerprint density at radius 3 is 2.04 bits per heavy atom. The Morgan fingerprint density at radius 1 is 0.957 bits per heavy atom. The zero-order valence-electron chi connectivity index (χ0n) is 10.9. The Labute approximate surface area is 124 Å². The molecular weight excluding hydrogens is 328 g/mol. The lowest BCUT2D eigenvalue weighted by atomic mass is 10.0. The topological polar surface area (TPSA) is 69.8 Å². The summed E-state index contributed by atoms with van der Waals surface area (Å²) in [4.78, 5) is 0. The number of aromatic hydroxyl groups is 1. The van der Waals surface area contributed by atoms with Crippen molar-refractivity contribution in [1.29, 1.82) is 5.26 Å². The van der Waals surface area contributed by atoms with Crippen LogP contribution in [-0.2, 0) is 12.4 Å². The summed E-state index contributed by atoms with van der Waals surface area (Å²) in [7, 11) is 0. The molecule has 0 fully saturated rings. The quantitative estimate of drug-likeness (QED) is 0.807. The fourth-order valence-electron chi connectivity index (χ4n) is 1.74. The molecule has 0 spiro atoms. The molecule has 0 amide bonds. The van der Waals surface area contributed by atoms with E-state index in [9.17, 15) is 31.4 Å². The van der Waals surface area contributed by atoms with Gasteiger partial charge in [-0.2, -0.15) is 31.6 Å². The van der Waals surface area contributed by atoms with Crippen LogP contribution in [0.15, 0.2) is 24.3 Å². The van der Waals surface area contributed by atoms with E-state index in [4.69, 9.17) is 5.26 Å². The van der Waals surface area contributed by atoms with E-state index >= 15 is 0 Å². The highest BCUT2D eigenvalue weighted by molar-refractivity contribution is 5.71. The van der Waals surface area contributed by atoms with Gasteiger partial charge in [-0.1, -0.05) is 0 Å². The third-order valence-electron chi connectivity index (χ3n) is 2.78. The average Bonchev–Trinajstić information content (AvgIpc) is 2.45. The van der Waals surface area contributed by atoms with Crippen LogP contribution in [0.3, 0.4) is 0 Å². The van der Waals surface area contributed by atoms with Gasteiger partial charge in [0, 0.05) is 5.56 Å². The lowest BCUT2D eigenvalue weighted by Crippen LogP contribution is -2.09. The maximum atomic E-state index is 12.8. The van der Waals surface area contributed by atoms with Crippen LogP contribution in [0.25, 0.3) is 11.3 Å². The number of phenols is 1. The molecule has 23 heavy (non-hydrogen) atoms. The number of phenolic OH excluding ortho intramolecular Hbond substituents is 1. The molecule has 1 heterocycles. The van der Waals surface area contributed by atoms with E-state index in [1.807, 2.05) is 0 Å². The summed E-state index contributed by atoms with van der Waals surface area (Å²) in [5.41, 5.74) is -4.25. The average molecular weight is 333 g/mol. The summed E-state index contributed by atoms with van der Waals surface area (Å²) in [6.45, 7) is 0. The smallest absolute Gasteiger partial charge is 0.435 e. The van der Waals surface area contributed by atoms with Crippen molar-refractivity contribution in [3.05, 3.63) is 41.1 Å². The summed E-state index contributed by atoms with van der Waals surface area (Å²) in [5, 5.41) is 24.5. The summed E-state index contributed by atoms with van der Waals surface area (Å²) in [6.07, 6.45) is -9.72. The lowest BCUT2D eigenvalue weighted by Gasteiger charge is -2.13. The van der Waals surface area contributed by atoms with Crippen LogP contribution < -0.4 is 0 Å². The summed E-state index contributed by atoms with van der Waals surface area (Å²) in [5.74, 6) is -1.24. The van der Waals surface area contributed by atoms with Gasteiger partial charge in [0.1, 0.15) is 5.75 Å². The molecule has 0 aliphatic heterocycles. The monoisotopic (exact) mass is 333 g/mol. The Hall–Kier alpha value is -2.83. The Morgan fingerprint density at radius 2 is 1.61 bits per heavy atom. The van der Waals surface area contributed by atoms with Crippen LogP contribution in [0.1, 0.15) is 16.8 Å². The molecule has 0 atom stereocenters. The van der Waals surface area contributed by atoms with Crippen LogP contribution in [0, 0.1) is 11.3 Å². The molecule has 0 radical (unpaired) electrons. The molecule has 4 nitrogen and oxygen atoms in total. The van der Waals surface area contributed by atoms with Crippen molar-refractivity contribution < 1.29 is 31.4 Å². The first kappa shape index (κ1) is 16.5. The Bertz CT molecular complexity index is 775. The largest absolute Gasteiger partial charge is 0.507 e. The minimum atomic E-state index is -4.95. The number of rotatable bonds is 1. The zero-order chi connectivity index (χ0) is 17.4. The van der Waals surface area contributed by atoms with Crippen molar-refractivity contribution in [1.82, 2.24) is 10.2 Å². The molecule has 10 heteroatoms. The van der Waals surface area contributed by atoms with Gasteiger partial charge in [-0.25, -0.2) is 0 Å². The van der Waals surface area contributed by atoms with Gasteiger partial charge in [0.15, 0.2) is 5.69 Å². The molecule has 120 valence electrons. The molecule has 1 aromatic heterocycles. The second-order valence-corrected chi connectivity index (χ2v) is 4.33. The van der Waals surface area contributed by atoms with Gasteiger partial charge in [0.2, 0.25) is 0 Å².